The average Bonchev–Trinajstić information content (AvgIpc) is 3.83. The molecule has 0 aliphatic heterocycles. The topological polar surface area (TPSA) is 26.3 Å². The molecule has 54 heavy (non-hydrogen) atoms. The first-order valence-corrected chi connectivity index (χ1v) is 18.4. The van der Waals surface area contributed by atoms with Gasteiger partial charge in [-0.25, -0.2) is 0 Å². The van der Waals surface area contributed by atoms with E-state index in [2.05, 4.69) is 176 Å². The first-order valence-electron chi connectivity index (χ1n) is 18.4. The molecule has 9 aromatic carbocycles. The Hall–Kier alpha value is -7.16. The van der Waals surface area contributed by atoms with E-state index in [1.54, 1.807) is 0 Å². The lowest BCUT2D eigenvalue weighted by atomic mass is 9.85. The lowest BCUT2D eigenvalue weighted by molar-refractivity contribution is 0.632. The van der Waals surface area contributed by atoms with Crippen molar-refractivity contribution in [1.29, 1.82) is 0 Å². The molecule has 0 saturated carbocycles. The van der Waals surface area contributed by atoms with Crippen LogP contribution in [0.15, 0.2) is 203 Å². The lowest BCUT2D eigenvalue weighted by Gasteiger charge is -2.18. The molecule has 0 saturated heterocycles. The number of rotatable bonds is 5. The predicted octanol–water partition coefficient (Wildman–Crippen LogP) is 15.0. The van der Waals surface area contributed by atoms with Gasteiger partial charge in [0, 0.05) is 32.8 Å². The number of benzene rings is 9. The van der Waals surface area contributed by atoms with Crippen molar-refractivity contribution >= 4 is 54.5 Å². The summed E-state index contributed by atoms with van der Waals surface area (Å²) in [7, 11) is 0. The molecular formula is C52H32O2. The van der Waals surface area contributed by atoms with Crippen molar-refractivity contribution in [2.75, 3.05) is 0 Å². The van der Waals surface area contributed by atoms with E-state index in [1.165, 1.54) is 43.8 Å². The van der Waals surface area contributed by atoms with E-state index in [1.807, 2.05) is 18.2 Å². The molecule has 2 nitrogen and oxygen atoms in total. The van der Waals surface area contributed by atoms with E-state index >= 15 is 0 Å². The lowest BCUT2D eigenvalue weighted by Crippen LogP contribution is -1.90. The van der Waals surface area contributed by atoms with Gasteiger partial charge in [-0.15, -0.1) is 0 Å². The van der Waals surface area contributed by atoms with Crippen molar-refractivity contribution in [3.8, 4) is 55.8 Å². The fourth-order valence-electron chi connectivity index (χ4n) is 8.55. The molecule has 0 bridgehead atoms. The van der Waals surface area contributed by atoms with Crippen LogP contribution >= 0.6 is 0 Å². The largest absolute Gasteiger partial charge is 0.455 e. The minimum Gasteiger partial charge on any atom is -0.455 e. The zero-order chi connectivity index (χ0) is 35.6. The van der Waals surface area contributed by atoms with Crippen LogP contribution in [0.5, 0.6) is 0 Å². The summed E-state index contributed by atoms with van der Waals surface area (Å²) in [5.74, 6) is 0.863. The number of para-hydroxylation sites is 1. The summed E-state index contributed by atoms with van der Waals surface area (Å²) in [4.78, 5) is 0. The molecule has 0 unspecified atom stereocenters. The van der Waals surface area contributed by atoms with Crippen LogP contribution in [0.2, 0.25) is 0 Å². The quantitative estimate of drug-likeness (QED) is 0.168. The molecule has 0 atom stereocenters. The fourth-order valence-corrected chi connectivity index (χ4v) is 8.55. The Balaban J connectivity index is 1.10. The molecule has 0 aliphatic carbocycles. The first-order chi connectivity index (χ1) is 26.8. The van der Waals surface area contributed by atoms with Gasteiger partial charge in [0.1, 0.15) is 22.5 Å². The van der Waals surface area contributed by atoms with Gasteiger partial charge in [-0.05, 0) is 67.1 Å². The van der Waals surface area contributed by atoms with E-state index in [9.17, 15) is 0 Å². The average molecular weight is 689 g/mol. The molecule has 0 radical (unpaired) electrons. The third-order valence-electron chi connectivity index (χ3n) is 10.9. The molecule has 11 aromatic rings. The number of hydrogen-bond acceptors (Lipinski definition) is 2. The number of furan rings is 2. The van der Waals surface area contributed by atoms with E-state index in [0.717, 1.165) is 66.5 Å². The third kappa shape index (κ3) is 4.67. The normalized spacial score (nSPS) is 11.7. The maximum Gasteiger partial charge on any atom is 0.143 e. The van der Waals surface area contributed by atoms with Gasteiger partial charge in [0.05, 0.1) is 0 Å². The van der Waals surface area contributed by atoms with E-state index in [4.69, 9.17) is 8.83 Å². The summed E-state index contributed by atoms with van der Waals surface area (Å²) in [6.45, 7) is 0. The second-order valence-corrected chi connectivity index (χ2v) is 13.9. The Bertz CT molecular complexity index is 3110. The molecule has 0 aliphatic rings. The minimum absolute atomic E-state index is 0.843. The highest BCUT2D eigenvalue weighted by Gasteiger charge is 2.24. The Morgan fingerprint density at radius 2 is 0.685 bits per heavy atom. The van der Waals surface area contributed by atoms with Gasteiger partial charge < -0.3 is 8.83 Å². The maximum absolute atomic E-state index is 6.80. The van der Waals surface area contributed by atoms with Gasteiger partial charge in [0.2, 0.25) is 0 Å². The van der Waals surface area contributed by atoms with Gasteiger partial charge in [0.15, 0.2) is 0 Å². The van der Waals surface area contributed by atoms with E-state index < -0.39 is 0 Å². The predicted molar refractivity (Wildman–Crippen MR) is 226 cm³/mol. The van der Waals surface area contributed by atoms with Crippen molar-refractivity contribution in [3.05, 3.63) is 194 Å². The highest BCUT2D eigenvalue weighted by molar-refractivity contribution is 6.25. The first kappa shape index (κ1) is 30.5. The maximum atomic E-state index is 6.80. The molecule has 11 rings (SSSR count). The van der Waals surface area contributed by atoms with Crippen molar-refractivity contribution in [1.82, 2.24) is 0 Å². The summed E-state index contributed by atoms with van der Waals surface area (Å²) in [5, 5.41) is 8.21. The Kier molecular flexibility index (Phi) is 6.90. The Labute approximate surface area is 312 Å². The summed E-state index contributed by atoms with van der Waals surface area (Å²) < 4.78 is 13.5. The summed E-state index contributed by atoms with van der Waals surface area (Å²) in [6.07, 6.45) is 0. The van der Waals surface area contributed by atoms with Gasteiger partial charge in [-0.1, -0.05) is 182 Å². The summed E-state index contributed by atoms with van der Waals surface area (Å²) in [5.41, 5.74) is 12.9. The SMILES string of the molecule is c1ccc(-c2oc3ccc4oc5c(-c6ccc(-c7c8ccccc8c(-c8ccccc8)c8ccccc78)cc6)cccc5c4c3c2-c2ccccc2)cc1. The molecule has 2 aromatic heterocycles. The van der Waals surface area contributed by atoms with Crippen LogP contribution in [0.1, 0.15) is 0 Å². The van der Waals surface area contributed by atoms with Crippen LogP contribution in [0, 0.1) is 0 Å². The molecular weight excluding hydrogens is 657 g/mol. The fraction of sp³-hybridized carbons (Fsp3) is 0. The van der Waals surface area contributed by atoms with Crippen molar-refractivity contribution < 1.29 is 8.83 Å². The molecule has 2 heteroatoms. The standard InChI is InChI=1S/C52H32O2/c1-4-15-34(16-5-1)46-39-21-10-12-23-41(39)47(42-24-13-11-22-40(42)46)36-29-27-33(28-30-36)38-25-14-26-43-49-44(54-52(38)43)31-32-45-50(49)48(35-17-6-2-7-18-35)51(53-45)37-19-8-3-9-20-37/h1-32H. The van der Waals surface area contributed by atoms with Crippen LogP contribution in [-0.2, 0) is 0 Å². The van der Waals surface area contributed by atoms with Crippen molar-refractivity contribution in [2.24, 2.45) is 0 Å². The third-order valence-corrected chi connectivity index (χ3v) is 10.9. The van der Waals surface area contributed by atoms with Crippen LogP contribution < -0.4 is 0 Å². The van der Waals surface area contributed by atoms with Crippen LogP contribution in [0.3, 0.4) is 0 Å². The second kappa shape index (κ2) is 12.2. The van der Waals surface area contributed by atoms with Crippen LogP contribution in [0.25, 0.3) is 110 Å². The summed E-state index contributed by atoms with van der Waals surface area (Å²) in [6, 6.07) is 68.9. The van der Waals surface area contributed by atoms with Gasteiger partial charge in [-0.3, -0.25) is 0 Å². The van der Waals surface area contributed by atoms with Gasteiger partial charge >= 0.3 is 0 Å². The molecule has 252 valence electrons. The molecule has 2 heterocycles. The van der Waals surface area contributed by atoms with E-state index in [-0.39, 0.29) is 0 Å². The van der Waals surface area contributed by atoms with E-state index in [0.29, 0.717) is 0 Å². The number of fused-ring (bicyclic) bond motifs is 7. The minimum atomic E-state index is 0.843. The summed E-state index contributed by atoms with van der Waals surface area (Å²) >= 11 is 0. The Morgan fingerprint density at radius 3 is 1.24 bits per heavy atom. The van der Waals surface area contributed by atoms with Crippen molar-refractivity contribution in [2.45, 2.75) is 0 Å². The molecule has 0 N–H and O–H groups in total. The second-order valence-electron chi connectivity index (χ2n) is 13.9. The monoisotopic (exact) mass is 688 g/mol. The smallest absolute Gasteiger partial charge is 0.143 e. The zero-order valence-corrected chi connectivity index (χ0v) is 29.3. The highest BCUT2D eigenvalue weighted by atomic mass is 16.3. The molecule has 0 spiro atoms. The molecule has 0 fully saturated rings. The van der Waals surface area contributed by atoms with Crippen molar-refractivity contribution in [3.63, 3.8) is 0 Å². The van der Waals surface area contributed by atoms with Gasteiger partial charge in [-0.2, -0.15) is 0 Å². The zero-order valence-electron chi connectivity index (χ0n) is 29.3. The highest BCUT2D eigenvalue weighted by Crippen LogP contribution is 2.48. The van der Waals surface area contributed by atoms with Crippen LogP contribution in [-0.4, -0.2) is 0 Å². The van der Waals surface area contributed by atoms with Gasteiger partial charge in [0.25, 0.3) is 0 Å². The molecule has 0 amide bonds. The van der Waals surface area contributed by atoms with Crippen LogP contribution in [0.4, 0.5) is 0 Å². The number of hydrogen-bond donors (Lipinski definition) is 0. The Morgan fingerprint density at radius 1 is 0.259 bits per heavy atom.